The number of halogens is 1. The highest BCUT2D eigenvalue weighted by molar-refractivity contribution is 6.00. The molecule has 2 heterocycles. The van der Waals surface area contributed by atoms with E-state index in [4.69, 9.17) is 14.7 Å². The number of hydrogen-bond donors (Lipinski definition) is 0. The number of nitrogens with zero attached hydrogens (tertiary/aromatic N) is 3. The average Bonchev–Trinajstić information content (AvgIpc) is 2.88. The number of pyridine rings is 1. The number of fused-ring (bicyclic) bond motifs is 1. The van der Waals surface area contributed by atoms with Crippen molar-refractivity contribution in [2.45, 2.75) is 26.1 Å². The van der Waals surface area contributed by atoms with Crippen LogP contribution < -0.4 is 9.64 Å². The zero-order chi connectivity index (χ0) is 24.5. The molecule has 6 heteroatoms. The second-order valence-corrected chi connectivity index (χ2v) is 8.92. The summed E-state index contributed by atoms with van der Waals surface area (Å²) < 4.78 is 26.7. The zero-order valence-corrected chi connectivity index (χ0v) is 20.0. The van der Waals surface area contributed by atoms with Crippen LogP contribution in [0.25, 0.3) is 33.2 Å². The van der Waals surface area contributed by atoms with Crippen LogP contribution >= 0.6 is 0 Å². The summed E-state index contributed by atoms with van der Waals surface area (Å²) in [6.45, 7) is 5.86. The van der Waals surface area contributed by atoms with Gasteiger partial charge in [-0.1, -0.05) is 24.3 Å². The molecule has 1 fully saturated rings. The second-order valence-electron chi connectivity index (χ2n) is 8.92. The predicted molar refractivity (Wildman–Crippen MR) is 136 cm³/mol. The molecule has 176 valence electrons. The Labute approximate surface area is 204 Å². The highest BCUT2D eigenvalue weighted by Crippen LogP contribution is 2.40. The van der Waals surface area contributed by atoms with Crippen LogP contribution in [0.3, 0.4) is 0 Å². The zero-order valence-electron chi connectivity index (χ0n) is 20.0. The summed E-state index contributed by atoms with van der Waals surface area (Å²) in [5.41, 5.74) is 5.47. The van der Waals surface area contributed by atoms with Gasteiger partial charge in [0.2, 0.25) is 0 Å². The third-order valence-electron chi connectivity index (χ3n) is 6.41. The van der Waals surface area contributed by atoms with Crippen molar-refractivity contribution in [3.05, 3.63) is 78.2 Å². The van der Waals surface area contributed by atoms with E-state index in [1.165, 1.54) is 6.07 Å². The topological polar surface area (TPSA) is 58.4 Å². The van der Waals surface area contributed by atoms with Gasteiger partial charge >= 0.3 is 0 Å². The van der Waals surface area contributed by atoms with Gasteiger partial charge in [-0.25, -0.2) is 4.39 Å². The smallest absolute Gasteiger partial charge is 0.140 e. The Bertz CT molecular complexity index is 1400. The number of hydrogen-bond acceptors (Lipinski definition) is 5. The van der Waals surface area contributed by atoms with E-state index < -0.39 is 5.82 Å². The van der Waals surface area contributed by atoms with Crippen molar-refractivity contribution < 1.29 is 13.9 Å². The highest BCUT2D eigenvalue weighted by atomic mass is 19.1. The molecule has 1 aliphatic heterocycles. The van der Waals surface area contributed by atoms with Gasteiger partial charge in [-0.05, 0) is 61.4 Å². The first kappa shape index (κ1) is 22.8. The number of aromatic nitrogens is 1. The molecular formula is C29H26FN3O2. The van der Waals surface area contributed by atoms with E-state index >= 15 is 4.39 Å². The predicted octanol–water partition coefficient (Wildman–Crippen LogP) is 6.20. The molecular weight excluding hydrogens is 441 g/mol. The number of methoxy groups -OCH3 is 1. The van der Waals surface area contributed by atoms with Crippen molar-refractivity contribution in [2.24, 2.45) is 0 Å². The van der Waals surface area contributed by atoms with Crippen LogP contribution in [0.15, 0.2) is 66.9 Å². The molecule has 0 saturated carbocycles. The molecule has 1 aromatic heterocycles. The lowest BCUT2D eigenvalue weighted by molar-refractivity contribution is -0.00521. The standard InChI is InChI=1S/C29H26FN3O2/c1-18-16-33(17-19(2)35-18)23-10-8-22(9-11-23)25-15-32-28-24(21-6-4-20(14-31)5-7-21)12-13-26(30)27(28)29(25)34-3/h4-13,15,18-19H,16-17H2,1-3H3. The minimum atomic E-state index is -0.392. The van der Waals surface area contributed by atoms with Crippen molar-refractivity contribution in [1.82, 2.24) is 4.98 Å². The van der Waals surface area contributed by atoms with Crippen LogP contribution in [0.4, 0.5) is 10.1 Å². The normalized spacial score (nSPS) is 17.9. The van der Waals surface area contributed by atoms with E-state index in [2.05, 4.69) is 41.9 Å². The van der Waals surface area contributed by atoms with Crippen LogP contribution in [0.1, 0.15) is 19.4 Å². The molecule has 0 amide bonds. The highest BCUT2D eigenvalue weighted by Gasteiger charge is 2.23. The lowest BCUT2D eigenvalue weighted by Crippen LogP contribution is -2.45. The van der Waals surface area contributed by atoms with Crippen LogP contribution in [-0.4, -0.2) is 37.4 Å². The van der Waals surface area contributed by atoms with Gasteiger partial charge in [-0.2, -0.15) is 5.26 Å². The summed E-state index contributed by atoms with van der Waals surface area (Å²) in [5, 5.41) is 9.43. The molecule has 4 aromatic rings. The molecule has 5 nitrogen and oxygen atoms in total. The van der Waals surface area contributed by atoms with Gasteiger partial charge < -0.3 is 14.4 Å². The quantitative estimate of drug-likeness (QED) is 0.358. The fourth-order valence-corrected chi connectivity index (χ4v) is 4.85. The molecule has 5 rings (SSSR count). The maximum atomic E-state index is 15.1. The molecule has 0 radical (unpaired) electrons. The van der Waals surface area contributed by atoms with Crippen molar-refractivity contribution >= 4 is 16.6 Å². The number of nitriles is 1. The number of ether oxygens (including phenoxy) is 2. The molecule has 0 aliphatic carbocycles. The van der Waals surface area contributed by atoms with Gasteiger partial charge in [0.15, 0.2) is 0 Å². The van der Waals surface area contributed by atoms with Crippen LogP contribution in [0.5, 0.6) is 5.75 Å². The fraction of sp³-hybridized carbons (Fsp3) is 0.241. The monoisotopic (exact) mass is 467 g/mol. The number of rotatable bonds is 4. The van der Waals surface area contributed by atoms with Crippen LogP contribution in [-0.2, 0) is 4.74 Å². The van der Waals surface area contributed by atoms with Gasteiger partial charge in [0.05, 0.1) is 41.9 Å². The van der Waals surface area contributed by atoms with Crippen LogP contribution in [0.2, 0.25) is 0 Å². The van der Waals surface area contributed by atoms with E-state index in [-0.39, 0.29) is 12.2 Å². The van der Waals surface area contributed by atoms with E-state index in [9.17, 15) is 0 Å². The third kappa shape index (κ3) is 4.31. The Kier molecular flexibility index (Phi) is 6.10. The first-order chi connectivity index (χ1) is 17.0. The number of anilines is 1. The molecule has 0 spiro atoms. The lowest BCUT2D eigenvalue weighted by atomic mass is 9.97. The summed E-state index contributed by atoms with van der Waals surface area (Å²) in [6.07, 6.45) is 2.09. The van der Waals surface area contributed by atoms with E-state index in [1.807, 2.05) is 24.3 Å². The summed E-state index contributed by atoms with van der Waals surface area (Å²) in [6, 6.07) is 20.6. The minimum Gasteiger partial charge on any atom is -0.495 e. The molecule has 0 bridgehead atoms. The molecule has 35 heavy (non-hydrogen) atoms. The Balaban J connectivity index is 1.56. The summed E-state index contributed by atoms with van der Waals surface area (Å²) in [5.74, 6) is 0.0564. The van der Waals surface area contributed by atoms with Crippen molar-refractivity contribution in [3.8, 4) is 34.1 Å². The largest absolute Gasteiger partial charge is 0.495 e. The van der Waals surface area contributed by atoms with Gasteiger partial charge in [-0.15, -0.1) is 0 Å². The van der Waals surface area contributed by atoms with Crippen molar-refractivity contribution in [2.75, 3.05) is 25.1 Å². The molecule has 1 aliphatic rings. The summed E-state index contributed by atoms with van der Waals surface area (Å²) in [7, 11) is 1.55. The second kappa shape index (κ2) is 9.36. The Morgan fingerprint density at radius 1 is 0.943 bits per heavy atom. The van der Waals surface area contributed by atoms with Gasteiger partial charge in [0, 0.05) is 36.1 Å². The van der Waals surface area contributed by atoms with Gasteiger partial charge in [0.1, 0.15) is 11.6 Å². The van der Waals surface area contributed by atoms with E-state index in [1.54, 1.807) is 31.5 Å². The first-order valence-corrected chi connectivity index (χ1v) is 11.6. The Morgan fingerprint density at radius 2 is 1.57 bits per heavy atom. The molecule has 3 aromatic carbocycles. The lowest BCUT2D eigenvalue weighted by Gasteiger charge is -2.36. The maximum absolute atomic E-state index is 15.1. The summed E-state index contributed by atoms with van der Waals surface area (Å²) in [4.78, 5) is 6.99. The summed E-state index contributed by atoms with van der Waals surface area (Å²) >= 11 is 0. The third-order valence-corrected chi connectivity index (χ3v) is 6.41. The average molecular weight is 468 g/mol. The van der Waals surface area contributed by atoms with Gasteiger partial charge in [0.25, 0.3) is 0 Å². The van der Waals surface area contributed by atoms with Gasteiger partial charge in [-0.3, -0.25) is 4.98 Å². The Morgan fingerprint density at radius 3 is 2.20 bits per heavy atom. The first-order valence-electron chi connectivity index (χ1n) is 11.6. The SMILES string of the molecule is COc1c(-c2ccc(N3CC(C)OC(C)C3)cc2)cnc2c(-c3ccc(C#N)cc3)ccc(F)c12. The van der Waals surface area contributed by atoms with Crippen molar-refractivity contribution in [3.63, 3.8) is 0 Å². The fourth-order valence-electron chi connectivity index (χ4n) is 4.85. The number of morpholine rings is 1. The maximum Gasteiger partial charge on any atom is 0.140 e. The minimum absolute atomic E-state index is 0.177. The molecule has 0 N–H and O–H groups in total. The molecule has 2 atom stereocenters. The number of benzene rings is 3. The van der Waals surface area contributed by atoms with E-state index in [0.29, 0.717) is 22.2 Å². The van der Waals surface area contributed by atoms with Crippen LogP contribution in [0, 0.1) is 17.1 Å². The Hall–Kier alpha value is -3.95. The van der Waals surface area contributed by atoms with E-state index in [0.717, 1.165) is 41.0 Å². The molecule has 2 unspecified atom stereocenters. The van der Waals surface area contributed by atoms with Crippen molar-refractivity contribution in [1.29, 1.82) is 5.26 Å². The molecule has 1 saturated heterocycles.